The zero-order valence-electron chi connectivity index (χ0n) is 6.77. The van der Waals surface area contributed by atoms with Crippen LogP contribution in [0.4, 0.5) is 0 Å². The quantitative estimate of drug-likeness (QED) is 0.449. The highest BCUT2D eigenvalue weighted by Crippen LogP contribution is 2.58. The molecule has 0 aromatic rings. The number of allylic oxidation sites excluding steroid dienone is 2. The molecule has 0 bridgehead atoms. The van der Waals surface area contributed by atoms with Gasteiger partial charge in [-0.3, -0.25) is 0 Å². The zero-order chi connectivity index (χ0) is 7.03. The summed E-state index contributed by atoms with van der Waals surface area (Å²) in [6.45, 7) is 2.46. The third kappa shape index (κ3) is 1.00. The molecule has 0 spiro atoms. The summed E-state index contributed by atoms with van der Waals surface area (Å²) in [6, 6.07) is 0. The summed E-state index contributed by atoms with van der Waals surface area (Å²) in [5, 5.41) is 0. The van der Waals surface area contributed by atoms with Crippen LogP contribution >= 0.6 is 0 Å². The molecule has 0 aromatic heterocycles. The smallest absolute Gasteiger partial charge is 0.0291 e. The second-order valence-electron chi connectivity index (χ2n) is 4.14. The highest BCUT2D eigenvalue weighted by atomic mass is 14.5. The van der Waals surface area contributed by atoms with E-state index in [4.69, 9.17) is 0 Å². The van der Waals surface area contributed by atoms with Crippen LogP contribution in [0.3, 0.4) is 0 Å². The van der Waals surface area contributed by atoms with Gasteiger partial charge in [0.2, 0.25) is 0 Å². The Balaban J connectivity index is 2.00. The molecule has 2 aliphatic carbocycles. The summed E-state index contributed by atoms with van der Waals surface area (Å²) in [4.78, 5) is 0. The minimum atomic E-state index is 0.769. The van der Waals surface area contributed by atoms with Crippen LogP contribution in [0.1, 0.15) is 39.0 Å². The molecule has 1 fully saturated rings. The maximum absolute atomic E-state index is 2.46. The first-order valence-electron chi connectivity index (χ1n) is 4.46. The topological polar surface area (TPSA) is 0 Å². The number of hydrogen-bond acceptors (Lipinski definition) is 0. The molecular formula is C10H16. The molecule has 2 atom stereocenters. The van der Waals surface area contributed by atoms with E-state index >= 15 is 0 Å². The minimum absolute atomic E-state index is 0.769. The summed E-state index contributed by atoms with van der Waals surface area (Å²) in [5.74, 6) is 1.08. The Hall–Kier alpha value is -0.260. The van der Waals surface area contributed by atoms with Gasteiger partial charge in [0, 0.05) is 0 Å². The maximum atomic E-state index is 2.46. The Morgan fingerprint density at radius 2 is 2.10 bits per heavy atom. The van der Waals surface area contributed by atoms with Crippen LogP contribution in [0, 0.1) is 11.3 Å². The van der Waals surface area contributed by atoms with Gasteiger partial charge in [-0.1, -0.05) is 19.1 Å². The zero-order valence-corrected chi connectivity index (χ0v) is 6.77. The van der Waals surface area contributed by atoms with Gasteiger partial charge in [0.25, 0.3) is 0 Å². The van der Waals surface area contributed by atoms with E-state index in [9.17, 15) is 0 Å². The van der Waals surface area contributed by atoms with Crippen molar-refractivity contribution in [3.63, 3.8) is 0 Å². The Kier molecular flexibility index (Phi) is 1.36. The van der Waals surface area contributed by atoms with Gasteiger partial charge in [0.15, 0.2) is 0 Å². The molecule has 2 aliphatic rings. The van der Waals surface area contributed by atoms with E-state index in [-0.39, 0.29) is 0 Å². The first-order chi connectivity index (χ1) is 4.81. The average molecular weight is 136 g/mol. The highest BCUT2D eigenvalue weighted by Gasteiger charge is 2.48. The van der Waals surface area contributed by atoms with Gasteiger partial charge in [-0.2, -0.15) is 0 Å². The Morgan fingerprint density at radius 3 is 3.00 bits per heavy atom. The summed E-state index contributed by atoms with van der Waals surface area (Å²) < 4.78 is 0. The molecule has 0 aromatic carbocycles. The Labute approximate surface area is 63.3 Å². The van der Waals surface area contributed by atoms with E-state index in [1.165, 1.54) is 32.1 Å². The molecule has 0 saturated heterocycles. The fourth-order valence-corrected chi connectivity index (χ4v) is 2.21. The first-order valence-corrected chi connectivity index (χ1v) is 4.46. The van der Waals surface area contributed by atoms with Crippen molar-refractivity contribution in [3.05, 3.63) is 12.2 Å². The summed E-state index contributed by atoms with van der Waals surface area (Å²) in [5.41, 5.74) is 0.769. The summed E-state index contributed by atoms with van der Waals surface area (Å²) >= 11 is 0. The van der Waals surface area contributed by atoms with E-state index < -0.39 is 0 Å². The van der Waals surface area contributed by atoms with Crippen molar-refractivity contribution in [2.24, 2.45) is 11.3 Å². The molecule has 0 heteroatoms. The van der Waals surface area contributed by atoms with E-state index in [1.54, 1.807) is 0 Å². The third-order valence-electron chi connectivity index (χ3n) is 3.27. The predicted octanol–water partition coefficient (Wildman–Crippen LogP) is 3.14. The second kappa shape index (κ2) is 2.11. The lowest BCUT2D eigenvalue weighted by atomic mass is 9.95. The van der Waals surface area contributed by atoms with Gasteiger partial charge in [-0.25, -0.2) is 0 Å². The van der Waals surface area contributed by atoms with Crippen LogP contribution in [0.5, 0.6) is 0 Å². The van der Waals surface area contributed by atoms with Gasteiger partial charge >= 0.3 is 0 Å². The SMILES string of the molecule is CC12CC/C=C/CCC1C2. The molecule has 1 saturated carbocycles. The maximum Gasteiger partial charge on any atom is -0.0291 e. The molecule has 0 aliphatic heterocycles. The van der Waals surface area contributed by atoms with Gasteiger partial charge in [0.1, 0.15) is 0 Å². The van der Waals surface area contributed by atoms with Gasteiger partial charge < -0.3 is 0 Å². The molecule has 0 nitrogen and oxygen atoms in total. The monoisotopic (exact) mass is 136 g/mol. The molecule has 10 heavy (non-hydrogen) atoms. The lowest BCUT2D eigenvalue weighted by molar-refractivity contribution is 0.446. The summed E-state index contributed by atoms with van der Waals surface area (Å²) in [7, 11) is 0. The van der Waals surface area contributed by atoms with Gasteiger partial charge in [-0.15, -0.1) is 0 Å². The molecule has 0 amide bonds. The van der Waals surface area contributed by atoms with Crippen LogP contribution in [0.25, 0.3) is 0 Å². The molecule has 56 valence electrons. The van der Waals surface area contributed by atoms with Crippen LogP contribution in [0.2, 0.25) is 0 Å². The lowest BCUT2D eigenvalue weighted by Gasteiger charge is -2.10. The average Bonchev–Trinajstić information content (AvgIpc) is 2.44. The van der Waals surface area contributed by atoms with Crippen molar-refractivity contribution >= 4 is 0 Å². The van der Waals surface area contributed by atoms with E-state index in [0.29, 0.717) is 0 Å². The molecule has 2 unspecified atom stereocenters. The van der Waals surface area contributed by atoms with E-state index in [0.717, 1.165) is 11.3 Å². The lowest BCUT2D eigenvalue weighted by Crippen LogP contribution is -1.98. The first kappa shape index (κ1) is 6.45. The van der Waals surface area contributed by atoms with Gasteiger partial charge in [-0.05, 0) is 43.4 Å². The van der Waals surface area contributed by atoms with Crippen molar-refractivity contribution in [1.29, 1.82) is 0 Å². The van der Waals surface area contributed by atoms with Crippen molar-refractivity contribution in [2.75, 3.05) is 0 Å². The molecule has 2 rings (SSSR count). The standard InChI is InChI=1S/C10H16/c1-10-7-5-3-2-4-6-9(10)8-10/h2-3,9H,4-8H2,1H3/b3-2+. The van der Waals surface area contributed by atoms with Crippen molar-refractivity contribution in [3.8, 4) is 0 Å². The van der Waals surface area contributed by atoms with Crippen molar-refractivity contribution in [1.82, 2.24) is 0 Å². The number of fused-ring (bicyclic) bond motifs is 1. The van der Waals surface area contributed by atoms with Crippen molar-refractivity contribution < 1.29 is 0 Å². The third-order valence-corrected chi connectivity index (χ3v) is 3.27. The molecule has 0 radical (unpaired) electrons. The van der Waals surface area contributed by atoms with Crippen LogP contribution < -0.4 is 0 Å². The Bertz CT molecular complexity index is 157. The largest absolute Gasteiger partial charge is 0.0885 e. The highest BCUT2D eigenvalue weighted by molar-refractivity contribution is 5.03. The normalized spacial score (nSPS) is 48.7. The minimum Gasteiger partial charge on any atom is -0.0885 e. The molecule has 0 heterocycles. The van der Waals surface area contributed by atoms with Crippen molar-refractivity contribution in [2.45, 2.75) is 39.0 Å². The Morgan fingerprint density at radius 1 is 1.30 bits per heavy atom. The number of rotatable bonds is 0. The molecular weight excluding hydrogens is 120 g/mol. The number of hydrogen-bond donors (Lipinski definition) is 0. The van der Waals surface area contributed by atoms with Crippen LogP contribution in [0.15, 0.2) is 12.2 Å². The fraction of sp³-hybridized carbons (Fsp3) is 0.800. The van der Waals surface area contributed by atoms with E-state index in [2.05, 4.69) is 19.1 Å². The molecule has 0 N–H and O–H groups in total. The van der Waals surface area contributed by atoms with Gasteiger partial charge in [0.05, 0.1) is 0 Å². The summed E-state index contributed by atoms with van der Waals surface area (Å²) in [6.07, 6.45) is 11.8. The van der Waals surface area contributed by atoms with Crippen LogP contribution in [-0.4, -0.2) is 0 Å². The fourth-order valence-electron chi connectivity index (χ4n) is 2.21. The van der Waals surface area contributed by atoms with E-state index in [1.807, 2.05) is 0 Å². The van der Waals surface area contributed by atoms with Crippen LogP contribution in [-0.2, 0) is 0 Å². The predicted molar refractivity (Wildman–Crippen MR) is 43.8 cm³/mol. The second-order valence-corrected chi connectivity index (χ2v) is 4.14.